The Kier molecular flexibility index (Phi) is 3.68. The summed E-state index contributed by atoms with van der Waals surface area (Å²) >= 11 is 1.75. The molecule has 0 saturated carbocycles. The van der Waals surface area contributed by atoms with Gasteiger partial charge in [0.2, 0.25) is 0 Å². The van der Waals surface area contributed by atoms with Gasteiger partial charge in [0.25, 0.3) is 0 Å². The minimum absolute atomic E-state index is 0.288. The number of anilines is 1. The molecule has 5 heteroatoms. The van der Waals surface area contributed by atoms with Gasteiger partial charge >= 0.3 is 0 Å². The summed E-state index contributed by atoms with van der Waals surface area (Å²) in [5.74, 6) is 0.702. The maximum atomic E-state index is 8.61. The molecular formula is C12H12N4S. The maximum Gasteiger partial charge on any atom is 0.158 e. The third-order valence-corrected chi connectivity index (χ3v) is 3.15. The number of aromatic nitrogens is 2. The quantitative estimate of drug-likeness (QED) is 0.897. The smallest absolute Gasteiger partial charge is 0.158 e. The van der Waals surface area contributed by atoms with E-state index in [1.807, 2.05) is 12.1 Å². The fourth-order valence-electron chi connectivity index (χ4n) is 1.49. The monoisotopic (exact) mass is 244 g/mol. The average Bonchev–Trinajstić information content (AvgIpc) is 2.82. The van der Waals surface area contributed by atoms with E-state index in [-0.39, 0.29) is 6.04 Å². The van der Waals surface area contributed by atoms with Crippen LogP contribution in [-0.4, -0.2) is 16.0 Å². The fourth-order valence-corrected chi connectivity index (χ4v) is 2.33. The minimum Gasteiger partial charge on any atom is -0.366 e. The zero-order valence-corrected chi connectivity index (χ0v) is 10.2. The molecule has 0 aromatic carbocycles. The molecule has 4 nitrogen and oxygen atoms in total. The number of thiophene rings is 1. The van der Waals surface area contributed by atoms with Gasteiger partial charge in [-0.25, -0.2) is 9.97 Å². The highest BCUT2D eigenvalue weighted by Crippen LogP contribution is 2.13. The van der Waals surface area contributed by atoms with Crippen molar-refractivity contribution in [2.75, 3.05) is 5.32 Å². The zero-order valence-electron chi connectivity index (χ0n) is 9.42. The predicted octanol–water partition coefficient (Wildman–Crippen LogP) is 2.45. The summed E-state index contributed by atoms with van der Waals surface area (Å²) in [5.41, 5.74) is 0.335. The Bertz CT molecular complexity index is 498. The number of rotatable bonds is 4. The van der Waals surface area contributed by atoms with E-state index >= 15 is 0 Å². The van der Waals surface area contributed by atoms with Gasteiger partial charge in [0, 0.05) is 17.3 Å². The molecule has 2 heterocycles. The van der Waals surface area contributed by atoms with E-state index in [1.54, 1.807) is 17.5 Å². The Labute approximate surface area is 104 Å². The van der Waals surface area contributed by atoms with Crippen LogP contribution in [0.1, 0.15) is 17.5 Å². The number of nitriles is 1. The van der Waals surface area contributed by atoms with Crippen LogP contribution >= 0.6 is 11.3 Å². The largest absolute Gasteiger partial charge is 0.366 e. The molecule has 2 rings (SSSR count). The first-order chi connectivity index (χ1) is 8.28. The molecule has 1 N–H and O–H groups in total. The minimum atomic E-state index is 0.288. The van der Waals surface area contributed by atoms with Gasteiger partial charge in [0.15, 0.2) is 5.69 Å². The number of hydrogen-bond acceptors (Lipinski definition) is 5. The Morgan fingerprint density at radius 1 is 1.47 bits per heavy atom. The molecule has 0 amide bonds. The number of hydrogen-bond donors (Lipinski definition) is 1. The Morgan fingerprint density at radius 2 is 2.35 bits per heavy atom. The van der Waals surface area contributed by atoms with Crippen LogP contribution in [-0.2, 0) is 6.42 Å². The lowest BCUT2D eigenvalue weighted by molar-refractivity contribution is 0.792. The molecule has 0 aliphatic rings. The van der Waals surface area contributed by atoms with E-state index in [2.05, 4.69) is 33.7 Å². The maximum absolute atomic E-state index is 8.61. The molecular weight excluding hydrogens is 232 g/mol. The van der Waals surface area contributed by atoms with Crippen molar-refractivity contribution in [2.45, 2.75) is 19.4 Å². The van der Waals surface area contributed by atoms with Crippen molar-refractivity contribution in [3.8, 4) is 6.07 Å². The van der Waals surface area contributed by atoms with Gasteiger partial charge in [-0.3, -0.25) is 0 Å². The SMILES string of the molecule is CC(Cc1cccs1)Nc1cnc(C#N)cn1. The van der Waals surface area contributed by atoms with Crippen LogP contribution < -0.4 is 5.32 Å². The molecule has 1 unspecified atom stereocenters. The standard InChI is InChI=1S/C12H12N4S/c1-9(5-11-3-2-4-17-11)16-12-8-14-10(6-13)7-15-12/h2-4,7-9H,5H2,1H3,(H,15,16). The van der Waals surface area contributed by atoms with Gasteiger partial charge in [-0.2, -0.15) is 5.26 Å². The molecule has 0 spiro atoms. The fraction of sp³-hybridized carbons (Fsp3) is 0.250. The van der Waals surface area contributed by atoms with Crippen molar-refractivity contribution in [3.05, 3.63) is 40.5 Å². The predicted molar refractivity (Wildman–Crippen MR) is 67.9 cm³/mol. The summed E-state index contributed by atoms with van der Waals surface area (Å²) in [6.45, 7) is 2.10. The van der Waals surface area contributed by atoms with Gasteiger partial charge in [-0.05, 0) is 18.4 Å². The first-order valence-electron chi connectivity index (χ1n) is 5.29. The second kappa shape index (κ2) is 5.41. The molecule has 0 bridgehead atoms. The summed E-state index contributed by atoms with van der Waals surface area (Å²) in [7, 11) is 0. The van der Waals surface area contributed by atoms with Crippen LogP contribution in [0.25, 0.3) is 0 Å². The number of nitrogens with zero attached hydrogens (tertiary/aromatic N) is 3. The van der Waals surface area contributed by atoms with Crippen molar-refractivity contribution < 1.29 is 0 Å². The molecule has 17 heavy (non-hydrogen) atoms. The van der Waals surface area contributed by atoms with Crippen molar-refractivity contribution in [3.63, 3.8) is 0 Å². The highest BCUT2D eigenvalue weighted by Gasteiger charge is 2.05. The first kappa shape index (κ1) is 11.6. The van der Waals surface area contributed by atoms with E-state index in [1.165, 1.54) is 11.1 Å². The van der Waals surface area contributed by atoms with Gasteiger partial charge in [-0.1, -0.05) is 6.07 Å². The summed E-state index contributed by atoms with van der Waals surface area (Å²) < 4.78 is 0. The summed E-state index contributed by atoms with van der Waals surface area (Å²) in [5, 5.41) is 13.9. The lowest BCUT2D eigenvalue weighted by Gasteiger charge is -2.12. The molecule has 2 aromatic heterocycles. The van der Waals surface area contributed by atoms with Gasteiger partial charge in [0.05, 0.1) is 12.4 Å². The van der Waals surface area contributed by atoms with E-state index in [0.29, 0.717) is 11.5 Å². The van der Waals surface area contributed by atoms with Crippen LogP contribution in [0.3, 0.4) is 0 Å². The van der Waals surface area contributed by atoms with Crippen LogP contribution in [0.15, 0.2) is 29.9 Å². The Hall–Kier alpha value is -1.93. The lowest BCUT2D eigenvalue weighted by atomic mass is 10.2. The van der Waals surface area contributed by atoms with E-state index in [0.717, 1.165) is 6.42 Å². The van der Waals surface area contributed by atoms with Gasteiger partial charge < -0.3 is 5.32 Å². The molecule has 0 aliphatic heterocycles. The normalized spacial score (nSPS) is 11.8. The molecule has 0 fully saturated rings. The third-order valence-electron chi connectivity index (χ3n) is 2.25. The lowest BCUT2D eigenvalue weighted by Crippen LogP contribution is -2.18. The Morgan fingerprint density at radius 3 is 2.94 bits per heavy atom. The summed E-state index contributed by atoms with van der Waals surface area (Å²) in [4.78, 5) is 9.43. The summed E-state index contributed by atoms with van der Waals surface area (Å²) in [6, 6.07) is 6.40. The van der Waals surface area contributed by atoms with E-state index in [9.17, 15) is 0 Å². The van der Waals surface area contributed by atoms with Crippen LogP contribution in [0, 0.1) is 11.3 Å². The topological polar surface area (TPSA) is 61.6 Å². The van der Waals surface area contributed by atoms with Crippen LogP contribution in [0.4, 0.5) is 5.82 Å². The van der Waals surface area contributed by atoms with Crippen molar-refractivity contribution >= 4 is 17.2 Å². The van der Waals surface area contributed by atoms with Crippen molar-refractivity contribution in [1.29, 1.82) is 5.26 Å². The molecule has 86 valence electrons. The molecule has 1 atom stereocenters. The van der Waals surface area contributed by atoms with Crippen LogP contribution in [0.2, 0.25) is 0 Å². The van der Waals surface area contributed by atoms with Gasteiger partial charge in [-0.15, -0.1) is 11.3 Å². The molecule has 0 saturated heterocycles. The first-order valence-corrected chi connectivity index (χ1v) is 6.17. The second-order valence-electron chi connectivity index (χ2n) is 3.73. The highest BCUT2D eigenvalue weighted by atomic mass is 32.1. The zero-order chi connectivity index (χ0) is 12.1. The Balaban J connectivity index is 1.94. The van der Waals surface area contributed by atoms with Crippen molar-refractivity contribution in [2.24, 2.45) is 0 Å². The molecule has 0 radical (unpaired) electrons. The second-order valence-corrected chi connectivity index (χ2v) is 4.76. The number of nitrogens with one attached hydrogen (secondary N) is 1. The third kappa shape index (κ3) is 3.26. The van der Waals surface area contributed by atoms with E-state index < -0.39 is 0 Å². The highest BCUT2D eigenvalue weighted by molar-refractivity contribution is 7.09. The van der Waals surface area contributed by atoms with Crippen LogP contribution in [0.5, 0.6) is 0 Å². The summed E-state index contributed by atoms with van der Waals surface area (Å²) in [6.07, 6.45) is 4.02. The van der Waals surface area contributed by atoms with E-state index in [4.69, 9.17) is 5.26 Å². The average molecular weight is 244 g/mol. The molecule has 2 aromatic rings. The molecule has 0 aliphatic carbocycles. The van der Waals surface area contributed by atoms with Crippen molar-refractivity contribution in [1.82, 2.24) is 9.97 Å². The van der Waals surface area contributed by atoms with Gasteiger partial charge in [0.1, 0.15) is 11.9 Å².